The summed E-state index contributed by atoms with van der Waals surface area (Å²) >= 11 is 0. The second kappa shape index (κ2) is 7.27. The van der Waals surface area contributed by atoms with Gasteiger partial charge in [0.15, 0.2) is 0 Å². The van der Waals surface area contributed by atoms with Crippen LogP contribution in [-0.2, 0) is 10.0 Å². The molecule has 0 saturated heterocycles. The molecule has 4 nitrogen and oxygen atoms in total. The number of anilines is 1. The quantitative estimate of drug-likeness (QED) is 0.848. The fourth-order valence-corrected chi connectivity index (χ4v) is 4.15. The molecule has 0 spiro atoms. The van der Waals surface area contributed by atoms with Crippen molar-refractivity contribution < 1.29 is 8.42 Å². The SMILES string of the molecule is CNc1ccc(S(=O)(=O)NCCC2CCCC(C)C2)cc1. The van der Waals surface area contributed by atoms with Crippen LogP contribution in [0.2, 0.25) is 0 Å². The molecule has 2 N–H and O–H groups in total. The lowest BCUT2D eigenvalue weighted by molar-refractivity contribution is 0.271. The summed E-state index contributed by atoms with van der Waals surface area (Å²) in [5.74, 6) is 1.46. The average molecular weight is 310 g/mol. The van der Waals surface area contributed by atoms with Gasteiger partial charge in [-0.2, -0.15) is 0 Å². The first-order valence-electron chi connectivity index (χ1n) is 7.79. The normalized spacial score (nSPS) is 23.0. The first kappa shape index (κ1) is 16.3. The molecule has 2 atom stereocenters. The summed E-state index contributed by atoms with van der Waals surface area (Å²) in [6.07, 6.45) is 6.02. The van der Waals surface area contributed by atoms with Gasteiger partial charge >= 0.3 is 0 Å². The molecule has 0 aromatic heterocycles. The molecule has 1 fully saturated rings. The maximum absolute atomic E-state index is 12.2. The van der Waals surface area contributed by atoms with Crippen LogP contribution >= 0.6 is 0 Å². The maximum atomic E-state index is 12.2. The smallest absolute Gasteiger partial charge is 0.240 e. The van der Waals surface area contributed by atoms with E-state index in [1.165, 1.54) is 25.7 Å². The van der Waals surface area contributed by atoms with E-state index in [0.717, 1.165) is 18.0 Å². The number of hydrogen-bond acceptors (Lipinski definition) is 3. The molecule has 2 rings (SSSR count). The lowest BCUT2D eigenvalue weighted by Crippen LogP contribution is -2.27. The molecule has 1 saturated carbocycles. The Balaban J connectivity index is 1.85. The Morgan fingerprint density at radius 3 is 2.52 bits per heavy atom. The Kier molecular flexibility index (Phi) is 5.65. The molecule has 0 heterocycles. The lowest BCUT2D eigenvalue weighted by Gasteiger charge is -2.26. The van der Waals surface area contributed by atoms with Gasteiger partial charge < -0.3 is 5.32 Å². The summed E-state index contributed by atoms with van der Waals surface area (Å²) in [6, 6.07) is 6.82. The Morgan fingerprint density at radius 1 is 1.19 bits per heavy atom. The molecular weight excluding hydrogens is 284 g/mol. The lowest BCUT2D eigenvalue weighted by atomic mass is 9.81. The molecule has 0 radical (unpaired) electrons. The Hall–Kier alpha value is -1.07. The second-order valence-electron chi connectivity index (χ2n) is 6.10. The van der Waals surface area contributed by atoms with Gasteiger partial charge in [-0.05, 0) is 48.9 Å². The summed E-state index contributed by atoms with van der Waals surface area (Å²) in [7, 11) is -1.56. The van der Waals surface area contributed by atoms with Gasteiger partial charge in [0.05, 0.1) is 4.90 Å². The third-order valence-corrected chi connectivity index (χ3v) is 5.82. The van der Waals surface area contributed by atoms with Crippen molar-refractivity contribution in [3.05, 3.63) is 24.3 Å². The van der Waals surface area contributed by atoms with Crippen LogP contribution < -0.4 is 10.0 Å². The zero-order valence-electron chi connectivity index (χ0n) is 12.9. The van der Waals surface area contributed by atoms with Gasteiger partial charge in [0.2, 0.25) is 10.0 Å². The molecule has 1 aliphatic rings. The number of sulfonamides is 1. The summed E-state index contributed by atoms with van der Waals surface area (Å²) in [4.78, 5) is 0.332. The Labute approximate surface area is 128 Å². The molecule has 118 valence electrons. The molecule has 5 heteroatoms. The molecule has 21 heavy (non-hydrogen) atoms. The molecule has 0 bridgehead atoms. The average Bonchev–Trinajstić information content (AvgIpc) is 2.47. The van der Waals surface area contributed by atoms with E-state index < -0.39 is 10.0 Å². The van der Waals surface area contributed by atoms with E-state index in [1.54, 1.807) is 24.3 Å². The van der Waals surface area contributed by atoms with Crippen molar-refractivity contribution in [2.45, 2.75) is 43.9 Å². The fraction of sp³-hybridized carbons (Fsp3) is 0.625. The van der Waals surface area contributed by atoms with Crippen molar-refractivity contribution in [1.29, 1.82) is 0 Å². The molecule has 0 aliphatic heterocycles. The van der Waals surface area contributed by atoms with E-state index in [-0.39, 0.29) is 0 Å². The van der Waals surface area contributed by atoms with Crippen LogP contribution in [0.3, 0.4) is 0 Å². The van der Waals surface area contributed by atoms with Crippen molar-refractivity contribution in [1.82, 2.24) is 4.72 Å². The largest absolute Gasteiger partial charge is 0.388 e. The monoisotopic (exact) mass is 310 g/mol. The third kappa shape index (κ3) is 4.71. The zero-order valence-corrected chi connectivity index (χ0v) is 13.7. The second-order valence-corrected chi connectivity index (χ2v) is 7.87. The van der Waals surface area contributed by atoms with Gasteiger partial charge in [-0.15, -0.1) is 0 Å². The Bertz CT molecular complexity index is 540. The van der Waals surface area contributed by atoms with Crippen molar-refractivity contribution >= 4 is 15.7 Å². The summed E-state index contributed by atoms with van der Waals surface area (Å²) < 4.78 is 27.1. The van der Waals surface area contributed by atoms with Crippen LogP contribution in [0, 0.1) is 11.8 Å². The van der Waals surface area contributed by atoms with Crippen LogP contribution in [0.4, 0.5) is 5.69 Å². The Morgan fingerprint density at radius 2 is 1.90 bits per heavy atom. The summed E-state index contributed by atoms with van der Waals surface area (Å²) in [5, 5.41) is 2.98. The summed E-state index contributed by atoms with van der Waals surface area (Å²) in [6.45, 7) is 2.83. The van der Waals surface area contributed by atoms with E-state index in [1.807, 2.05) is 7.05 Å². The third-order valence-electron chi connectivity index (χ3n) is 4.34. The number of benzene rings is 1. The highest BCUT2D eigenvalue weighted by Gasteiger charge is 2.20. The summed E-state index contributed by atoms with van der Waals surface area (Å²) in [5.41, 5.74) is 0.908. The highest BCUT2D eigenvalue weighted by molar-refractivity contribution is 7.89. The standard InChI is InChI=1S/C16H26N2O2S/c1-13-4-3-5-14(12-13)10-11-18-21(19,20)16-8-6-15(17-2)7-9-16/h6-9,13-14,17-18H,3-5,10-12H2,1-2H3. The molecular formula is C16H26N2O2S. The molecule has 1 aromatic carbocycles. The number of nitrogens with one attached hydrogen (secondary N) is 2. The van der Waals surface area contributed by atoms with Gasteiger partial charge in [-0.1, -0.05) is 26.2 Å². The van der Waals surface area contributed by atoms with E-state index >= 15 is 0 Å². The van der Waals surface area contributed by atoms with Crippen molar-refractivity contribution in [3.63, 3.8) is 0 Å². The molecule has 1 aliphatic carbocycles. The van der Waals surface area contributed by atoms with Gasteiger partial charge in [-0.3, -0.25) is 0 Å². The van der Waals surface area contributed by atoms with E-state index in [4.69, 9.17) is 0 Å². The van der Waals surface area contributed by atoms with Gasteiger partial charge in [0.25, 0.3) is 0 Å². The first-order chi connectivity index (χ1) is 10.0. The minimum absolute atomic E-state index is 0.332. The molecule has 0 amide bonds. The van der Waals surface area contributed by atoms with Crippen molar-refractivity contribution in [3.8, 4) is 0 Å². The van der Waals surface area contributed by atoms with Crippen LogP contribution in [-0.4, -0.2) is 22.0 Å². The zero-order chi connectivity index (χ0) is 15.3. The van der Waals surface area contributed by atoms with E-state index in [9.17, 15) is 8.42 Å². The van der Waals surface area contributed by atoms with Gasteiger partial charge in [0.1, 0.15) is 0 Å². The minimum atomic E-state index is -3.38. The van der Waals surface area contributed by atoms with Gasteiger partial charge in [-0.25, -0.2) is 13.1 Å². The number of rotatable bonds is 6. The highest BCUT2D eigenvalue weighted by atomic mass is 32.2. The maximum Gasteiger partial charge on any atom is 0.240 e. The van der Waals surface area contributed by atoms with Gasteiger partial charge in [0, 0.05) is 19.3 Å². The van der Waals surface area contributed by atoms with Crippen LogP contribution in [0.25, 0.3) is 0 Å². The number of hydrogen-bond donors (Lipinski definition) is 2. The van der Waals surface area contributed by atoms with E-state index in [2.05, 4.69) is 17.0 Å². The minimum Gasteiger partial charge on any atom is -0.388 e. The molecule has 2 unspecified atom stereocenters. The van der Waals surface area contributed by atoms with Crippen molar-refractivity contribution in [2.75, 3.05) is 18.9 Å². The fourth-order valence-electron chi connectivity index (χ4n) is 3.10. The predicted molar refractivity (Wildman–Crippen MR) is 86.9 cm³/mol. The van der Waals surface area contributed by atoms with Crippen LogP contribution in [0.1, 0.15) is 39.0 Å². The highest BCUT2D eigenvalue weighted by Crippen LogP contribution is 2.30. The van der Waals surface area contributed by atoms with Crippen LogP contribution in [0.15, 0.2) is 29.2 Å². The van der Waals surface area contributed by atoms with Crippen molar-refractivity contribution in [2.24, 2.45) is 11.8 Å². The topological polar surface area (TPSA) is 58.2 Å². The molecule has 1 aromatic rings. The predicted octanol–water partition coefficient (Wildman–Crippen LogP) is 3.22. The van der Waals surface area contributed by atoms with Crippen LogP contribution in [0.5, 0.6) is 0 Å². The first-order valence-corrected chi connectivity index (χ1v) is 9.27. The van der Waals surface area contributed by atoms with E-state index in [0.29, 0.717) is 17.4 Å².